The standard InChI is InChI=1S/C17H29FN2O3/c18-16(14-21)4-3-7-19(13-16)15(22)12-17(5-1-2-6-17)20-8-10-23-11-9-20/h21H,1-14H2. The fraction of sp³-hybridized carbons (Fsp3) is 0.941. The number of nitrogens with zero attached hydrogens (tertiary/aromatic N) is 2. The fourth-order valence-corrected chi connectivity index (χ4v) is 4.50. The lowest BCUT2D eigenvalue weighted by Crippen LogP contribution is -2.56. The fourth-order valence-electron chi connectivity index (χ4n) is 4.50. The number of aliphatic hydroxyl groups excluding tert-OH is 1. The molecule has 2 aliphatic heterocycles. The smallest absolute Gasteiger partial charge is 0.224 e. The number of carbonyl (C=O) groups excluding carboxylic acids is 1. The number of amides is 1. The molecule has 0 radical (unpaired) electrons. The van der Waals surface area contributed by atoms with Crippen molar-refractivity contribution in [2.24, 2.45) is 0 Å². The van der Waals surface area contributed by atoms with Gasteiger partial charge in [-0.25, -0.2) is 4.39 Å². The van der Waals surface area contributed by atoms with Gasteiger partial charge in [-0.1, -0.05) is 12.8 Å². The summed E-state index contributed by atoms with van der Waals surface area (Å²) in [6.45, 7) is 3.40. The van der Waals surface area contributed by atoms with Gasteiger partial charge in [0.05, 0.1) is 26.4 Å². The van der Waals surface area contributed by atoms with Gasteiger partial charge in [-0.15, -0.1) is 0 Å². The van der Waals surface area contributed by atoms with Crippen molar-refractivity contribution in [2.45, 2.75) is 56.2 Å². The number of rotatable bonds is 4. The lowest BCUT2D eigenvalue weighted by atomic mass is 9.88. The molecule has 3 aliphatic rings. The first-order valence-corrected chi connectivity index (χ1v) is 8.97. The zero-order valence-electron chi connectivity index (χ0n) is 13.9. The number of halogens is 1. The van der Waals surface area contributed by atoms with Crippen molar-refractivity contribution in [2.75, 3.05) is 46.0 Å². The molecule has 0 aromatic rings. The highest BCUT2D eigenvalue weighted by Gasteiger charge is 2.44. The van der Waals surface area contributed by atoms with Crippen molar-refractivity contribution in [3.8, 4) is 0 Å². The van der Waals surface area contributed by atoms with Crippen LogP contribution in [0.4, 0.5) is 4.39 Å². The first-order valence-electron chi connectivity index (χ1n) is 8.97. The summed E-state index contributed by atoms with van der Waals surface area (Å²) >= 11 is 0. The Hall–Kier alpha value is -0.720. The van der Waals surface area contributed by atoms with E-state index in [0.717, 1.165) is 52.0 Å². The Balaban J connectivity index is 1.66. The monoisotopic (exact) mass is 328 g/mol. The van der Waals surface area contributed by atoms with Crippen LogP contribution in [0.2, 0.25) is 0 Å². The zero-order valence-corrected chi connectivity index (χ0v) is 13.9. The molecule has 3 fully saturated rings. The highest BCUT2D eigenvalue weighted by atomic mass is 19.1. The second-order valence-electron chi connectivity index (χ2n) is 7.44. The predicted molar refractivity (Wildman–Crippen MR) is 84.9 cm³/mol. The SMILES string of the molecule is O=C(CC1(N2CCOCC2)CCCC1)N1CCCC(F)(CO)C1. The first kappa shape index (κ1) is 17.1. The van der Waals surface area contributed by atoms with Crippen molar-refractivity contribution >= 4 is 5.91 Å². The normalized spacial score (nSPS) is 32.2. The van der Waals surface area contributed by atoms with E-state index < -0.39 is 12.3 Å². The Morgan fingerprint density at radius 2 is 1.78 bits per heavy atom. The lowest BCUT2D eigenvalue weighted by molar-refractivity contribution is -0.140. The van der Waals surface area contributed by atoms with Crippen LogP contribution >= 0.6 is 0 Å². The van der Waals surface area contributed by atoms with Gasteiger partial charge in [-0.05, 0) is 25.7 Å². The van der Waals surface area contributed by atoms with E-state index in [1.165, 1.54) is 0 Å². The number of piperidine rings is 1. The maximum Gasteiger partial charge on any atom is 0.224 e. The number of hydrogen-bond acceptors (Lipinski definition) is 4. The van der Waals surface area contributed by atoms with Crippen molar-refractivity contribution in [3.63, 3.8) is 0 Å². The molecule has 1 unspecified atom stereocenters. The number of likely N-dealkylation sites (tertiary alicyclic amines) is 1. The van der Waals surface area contributed by atoms with Crippen LogP contribution in [0.3, 0.4) is 0 Å². The van der Waals surface area contributed by atoms with Gasteiger partial charge in [0.25, 0.3) is 0 Å². The van der Waals surface area contributed by atoms with Crippen molar-refractivity contribution in [1.29, 1.82) is 0 Å². The van der Waals surface area contributed by atoms with Crippen LogP contribution in [0.15, 0.2) is 0 Å². The van der Waals surface area contributed by atoms with Crippen molar-refractivity contribution < 1.29 is 19.0 Å². The second-order valence-corrected chi connectivity index (χ2v) is 7.44. The summed E-state index contributed by atoms with van der Waals surface area (Å²) in [7, 11) is 0. The van der Waals surface area contributed by atoms with Crippen LogP contribution in [-0.2, 0) is 9.53 Å². The molecule has 1 atom stereocenters. The largest absolute Gasteiger partial charge is 0.393 e. The third-order valence-corrected chi connectivity index (χ3v) is 5.86. The number of aliphatic hydroxyl groups is 1. The highest BCUT2D eigenvalue weighted by Crippen LogP contribution is 2.39. The average molecular weight is 328 g/mol. The van der Waals surface area contributed by atoms with Crippen LogP contribution in [-0.4, -0.2) is 78.0 Å². The molecule has 2 saturated heterocycles. The summed E-state index contributed by atoms with van der Waals surface area (Å²) in [5, 5.41) is 9.25. The molecule has 3 rings (SSSR count). The Morgan fingerprint density at radius 1 is 1.09 bits per heavy atom. The van der Waals surface area contributed by atoms with Gasteiger partial charge in [0.1, 0.15) is 0 Å². The Labute approximate surface area is 137 Å². The summed E-state index contributed by atoms with van der Waals surface area (Å²) in [5.41, 5.74) is -1.67. The van der Waals surface area contributed by atoms with E-state index in [0.29, 0.717) is 25.8 Å². The summed E-state index contributed by atoms with van der Waals surface area (Å²) in [4.78, 5) is 16.9. The molecule has 0 aromatic carbocycles. The molecular formula is C17H29FN2O3. The van der Waals surface area contributed by atoms with Gasteiger partial charge < -0.3 is 14.7 Å². The molecule has 6 heteroatoms. The molecule has 0 bridgehead atoms. The van der Waals surface area contributed by atoms with Gasteiger partial charge in [-0.3, -0.25) is 9.69 Å². The Bertz CT molecular complexity index is 422. The molecular weight excluding hydrogens is 299 g/mol. The maximum atomic E-state index is 14.4. The van der Waals surface area contributed by atoms with Crippen LogP contribution in [0.25, 0.3) is 0 Å². The van der Waals surface area contributed by atoms with E-state index in [2.05, 4.69) is 4.90 Å². The summed E-state index contributed by atoms with van der Waals surface area (Å²) in [6, 6.07) is 0. The molecule has 2 heterocycles. The summed E-state index contributed by atoms with van der Waals surface area (Å²) in [6.07, 6.45) is 5.88. The zero-order chi connectivity index (χ0) is 16.3. The molecule has 1 saturated carbocycles. The molecule has 23 heavy (non-hydrogen) atoms. The van der Waals surface area contributed by atoms with Gasteiger partial charge in [0.2, 0.25) is 5.91 Å². The van der Waals surface area contributed by atoms with E-state index in [-0.39, 0.29) is 18.0 Å². The van der Waals surface area contributed by atoms with Crippen LogP contribution < -0.4 is 0 Å². The average Bonchev–Trinajstić information content (AvgIpc) is 3.05. The molecule has 1 amide bonds. The molecule has 1 N–H and O–H groups in total. The van der Waals surface area contributed by atoms with Crippen LogP contribution in [0, 0.1) is 0 Å². The van der Waals surface area contributed by atoms with E-state index in [9.17, 15) is 14.3 Å². The number of hydrogen-bond donors (Lipinski definition) is 1. The Morgan fingerprint density at radius 3 is 2.43 bits per heavy atom. The second kappa shape index (κ2) is 7.03. The molecule has 0 spiro atoms. The van der Waals surface area contributed by atoms with Crippen LogP contribution in [0.1, 0.15) is 44.9 Å². The first-order chi connectivity index (χ1) is 11.1. The maximum absolute atomic E-state index is 14.4. The third kappa shape index (κ3) is 3.69. The predicted octanol–water partition coefficient (Wildman–Crippen LogP) is 1.34. The van der Waals surface area contributed by atoms with Crippen molar-refractivity contribution in [1.82, 2.24) is 9.80 Å². The summed E-state index contributed by atoms with van der Waals surface area (Å²) < 4.78 is 19.9. The van der Waals surface area contributed by atoms with Crippen LogP contribution in [0.5, 0.6) is 0 Å². The van der Waals surface area contributed by atoms with Gasteiger partial charge in [0.15, 0.2) is 5.67 Å². The quantitative estimate of drug-likeness (QED) is 0.846. The topological polar surface area (TPSA) is 53.0 Å². The lowest BCUT2D eigenvalue weighted by Gasteiger charge is -2.45. The van der Waals surface area contributed by atoms with Gasteiger partial charge in [0, 0.05) is 31.6 Å². The van der Waals surface area contributed by atoms with E-state index in [1.54, 1.807) is 4.90 Å². The summed E-state index contributed by atoms with van der Waals surface area (Å²) in [5.74, 6) is 0.0496. The number of morpholine rings is 1. The van der Waals surface area contributed by atoms with E-state index >= 15 is 0 Å². The highest BCUT2D eigenvalue weighted by molar-refractivity contribution is 5.77. The Kier molecular flexibility index (Phi) is 5.23. The molecule has 1 aliphatic carbocycles. The minimum Gasteiger partial charge on any atom is -0.393 e. The minimum atomic E-state index is -1.62. The molecule has 132 valence electrons. The number of alkyl halides is 1. The van der Waals surface area contributed by atoms with E-state index in [1.807, 2.05) is 0 Å². The minimum absolute atomic E-state index is 0.0432. The molecule has 0 aromatic heterocycles. The van der Waals surface area contributed by atoms with Crippen molar-refractivity contribution in [3.05, 3.63) is 0 Å². The third-order valence-electron chi connectivity index (χ3n) is 5.86. The van der Waals surface area contributed by atoms with Gasteiger partial charge >= 0.3 is 0 Å². The molecule has 5 nitrogen and oxygen atoms in total. The number of carbonyl (C=O) groups is 1. The van der Waals surface area contributed by atoms with E-state index in [4.69, 9.17) is 4.74 Å². The number of ether oxygens (including phenoxy) is 1. The van der Waals surface area contributed by atoms with Gasteiger partial charge in [-0.2, -0.15) is 0 Å².